The molecule has 0 aromatic carbocycles. The van der Waals surface area contributed by atoms with Crippen LogP contribution < -0.4 is 4.90 Å². The fourth-order valence-corrected chi connectivity index (χ4v) is 3.26. The summed E-state index contributed by atoms with van der Waals surface area (Å²) >= 11 is 0. The molecule has 0 atom stereocenters. The van der Waals surface area contributed by atoms with Gasteiger partial charge in [-0.15, -0.1) is 0 Å². The Labute approximate surface area is 134 Å². The van der Waals surface area contributed by atoms with Crippen LogP contribution in [0.25, 0.3) is 11.2 Å². The van der Waals surface area contributed by atoms with Gasteiger partial charge in [0.15, 0.2) is 17.2 Å². The Hall–Kier alpha value is -2.44. The molecule has 0 unspecified atom stereocenters. The number of aromatic nitrogens is 5. The molecule has 0 spiro atoms. The molecule has 0 radical (unpaired) electrons. The van der Waals surface area contributed by atoms with Crippen LogP contribution in [0.2, 0.25) is 0 Å². The SMILES string of the molecule is Cc1nc(N(C)Cc2n[nH]c3c2CCCC3)c2nc(C)oc2n1. The monoisotopic (exact) mass is 312 g/mol. The molecule has 1 aliphatic carbocycles. The first-order chi connectivity index (χ1) is 11.1. The van der Waals surface area contributed by atoms with Crippen molar-refractivity contribution in [2.24, 2.45) is 0 Å². The second-order valence-corrected chi connectivity index (χ2v) is 6.17. The summed E-state index contributed by atoms with van der Waals surface area (Å²) in [7, 11) is 2.01. The first-order valence-electron chi connectivity index (χ1n) is 7.99. The minimum absolute atomic E-state index is 0.543. The summed E-state index contributed by atoms with van der Waals surface area (Å²) in [6.45, 7) is 4.39. The molecule has 1 aliphatic rings. The first kappa shape index (κ1) is 14.2. The topological polar surface area (TPSA) is 83.7 Å². The molecule has 0 fully saturated rings. The van der Waals surface area contributed by atoms with E-state index >= 15 is 0 Å². The number of nitrogens with one attached hydrogen (secondary N) is 1. The van der Waals surface area contributed by atoms with Crippen LogP contribution >= 0.6 is 0 Å². The van der Waals surface area contributed by atoms with Gasteiger partial charge in [-0.1, -0.05) is 0 Å². The minimum Gasteiger partial charge on any atom is -0.422 e. The van der Waals surface area contributed by atoms with Crippen LogP contribution in [0.5, 0.6) is 0 Å². The molecule has 3 heterocycles. The van der Waals surface area contributed by atoms with Crippen molar-refractivity contribution in [2.75, 3.05) is 11.9 Å². The van der Waals surface area contributed by atoms with Crippen molar-refractivity contribution in [3.63, 3.8) is 0 Å². The largest absolute Gasteiger partial charge is 0.422 e. The highest BCUT2D eigenvalue weighted by atomic mass is 16.4. The fraction of sp³-hybridized carbons (Fsp3) is 0.500. The molecule has 0 amide bonds. The number of aromatic amines is 1. The summed E-state index contributed by atoms with van der Waals surface area (Å²) in [5.41, 5.74) is 5.02. The molecule has 4 rings (SSSR count). The molecule has 0 saturated carbocycles. The van der Waals surface area contributed by atoms with Crippen LogP contribution in [-0.2, 0) is 19.4 Å². The van der Waals surface area contributed by atoms with Gasteiger partial charge >= 0.3 is 0 Å². The summed E-state index contributed by atoms with van der Waals surface area (Å²) in [4.78, 5) is 15.4. The number of hydrogen-bond donors (Lipinski definition) is 1. The van der Waals surface area contributed by atoms with Crippen molar-refractivity contribution < 1.29 is 4.42 Å². The van der Waals surface area contributed by atoms with Crippen molar-refractivity contribution in [1.82, 2.24) is 25.1 Å². The molecule has 3 aromatic rings. The molecular weight excluding hydrogens is 292 g/mol. The zero-order valence-electron chi connectivity index (χ0n) is 13.7. The Balaban J connectivity index is 1.69. The zero-order valence-corrected chi connectivity index (χ0v) is 13.7. The number of rotatable bonds is 3. The smallest absolute Gasteiger partial charge is 0.252 e. The van der Waals surface area contributed by atoms with Crippen LogP contribution in [0.15, 0.2) is 4.42 Å². The van der Waals surface area contributed by atoms with E-state index < -0.39 is 0 Å². The number of anilines is 1. The Bertz CT molecular complexity index is 865. The molecule has 0 aliphatic heterocycles. The number of nitrogens with zero attached hydrogens (tertiary/aromatic N) is 5. The van der Waals surface area contributed by atoms with E-state index in [1.165, 1.54) is 24.1 Å². The molecule has 7 heteroatoms. The van der Waals surface area contributed by atoms with E-state index in [9.17, 15) is 0 Å². The molecule has 0 saturated heterocycles. The molecule has 3 aromatic heterocycles. The Morgan fingerprint density at radius 3 is 2.83 bits per heavy atom. The van der Waals surface area contributed by atoms with Gasteiger partial charge in [0.2, 0.25) is 0 Å². The van der Waals surface area contributed by atoms with Crippen LogP contribution in [-0.4, -0.2) is 32.2 Å². The maximum absolute atomic E-state index is 5.55. The zero-order chi connectivity index (χ0) is 16.0. The van der Waals surface area contributed by atoms with E-state index in [1.54, 1.807) is 0 Å². The van der Waals surface area contributed by atoms with Crippen LogP contribution in [0, 0.1) is 13.8 Å². The summed E-state index contributed by atoms with van der Waals surface area (Å²) in [5.74, 6) is 2.07. The number of hydrogen-bond acceptors (Lipinski definition) is 6. The Kier molecular flexibility index (Phi) is 3.28. The lowest BCUT2D eigenvalue weighted by Gasteiger charge is -2.19. The van der Waals surface area contributed by atoms with Gasteiger partial charge in [0.05, 0.1) is 12.2 Å². The van der Waals surface area contributed by atoms with Crippen LogP contribution in [0.4, 0.5) is 5.82 Å². The van der Waals surface area contributed by atoms with Gasteiger partial charge in [-0.3, -0.25) is 5.10 Å². The van der Waals surface area contributed by atoms with Crippen molar-refractivity contribution in [1.29, 1.82) is 0 Å². The predicted molar refractivity (Wildman–Crippen MR) is 86.4 cm³/mol. The third-order valence-electron chi connectivity index (χ3n) is 4.35. The lowest BCUT2D eigenvalue weighted by atomic mass is 9.96. The van der Waals surface area contributed by atoms with Gasteiger partial charge < -0.3 is 9.32 Å². The molecule has 23 heavy (non-hydrogen) atoms. The van der Waals surface area contributed by atoms with E-state index in [2.05, 4.69) is 30.0 Å². The number of oxazole rings is 1. The van der Waals surface area contributed by atoms with E-state index in [4.69, 9.17) is 4.42 Å². The van der Waals surface area contributed by atoms with Gasteiger partial charge in [0, 0.05) is 19.7 Å². The maximum Gasteiger partial charge on any atom is 0.252 e. The lowest BCUT2D eigenvalue weighted by molar-refractivity contribution is 0.550. The van der Waals surface area contributed by atoms with Gasteiger partial charge in [0.1, 0.15) is 5.82 Å². The minimum atomic E-state index is 0.543. The average Bonchev–Trinajstić information content (AvgIpc) is 3.09. The van der Waals surface area contributed by atoms with E-state index in [0.717, 1.165) is 24.4 Å². The van der Waals surface area contributed by atoms with Crippen LogP contribution in [0.1, 0.15) is 41.5 Å². The molecule has 0 bridgehead atoms. The van der Waals surface area contributed by atoms with Crippen LogP contribution in [0.3, 0.4) is 0 Å². The third-order valence-corrected chi connectivity index (χ3v) is 4.35. The van der Waals surface area contributed by atoms with Crippen molar-refractivity contribution in [3.05, 3.63) is 28.7 Å². The first-order valence-corrected chi connectivity index (χ1v) is 7.99. The van der Waals surface area contributed by atoms with Gasteiger partial charge in [-0.05, 0) is 38.2 Å². The molecule has 7 nitrogen and oxygen atoms in total. The predicted octanol–water partition coefficient (Wildman–Crippen LogP) is 2.47. The fourth-order valence-electron chi connectivity index (χ4n) is 3.26. The Morgan fingerprint density at radius 1 is 1.13 bits per heavy atom. The highest BCUT2D eigenvalue weighted by Crippen LogP contribution is 2.27. The van der Waals surface area contributed by atoms with Crippen molar-refractivity contribution in [2.45, 2.75) is 46.1 Å². The maximum atomic E-state index is 5.55. The molecule has 120 valence electrons. The number of aryl methyl sites for hydroxylation is 3. The van der Waals surface area contributed by atoms with Gasteiger partial charge in [0.25, 0.3) is 5.71 Å². The second kappa shape index (κ2) is 5.33. The standard InChI is InChI=1S/C16H20N6O/c1-9-17-15(14-16(18-9)23-10(2)19-14)22(3)8-13-11-6-4-5-7-12(11)20-21-13/h4-8H2,1-3H3,(H,20,21). The Morgan fingerprint density at radius 2 is 1.96 bits per heavy atom. The van der Waals surface area contributed by atoms with Gasteiger partial charge in [-0.2, -0.15) is 10.1 Å². The summed E-state index contributed by atoms with van der Waals surface area (Å²) in [6, 6.07) is 0. The highest BCUT2D eigenvalue weighted by Gasteiger charge is 2.20. The lowest BCUT2D eigenvalue weighted by Crippen LogP contribution is -2.20. The molecule has 1 N–H and O–H groups in total. The third kappa shape index (κ3) is 2.46. The van der Waals surface area contributed by atoms with E-state index in [-0.39, 0.29) is 0 Å². The summed E-state index contributed by atoms with van der Waals surface area (Å²) < 4.78 is 5.55. The average molecular weight is 312 g/mol. The number of fused-ring (bicyclic) bond motifs is 2. The molecular formula is C16H20N6O. The van der Waals surface area contributed by atoms with Crippen molar-refractivity contribution >= 4 is 17.0 Å². The van der Waals surface area contributed by atoms with Crippen molar-refractivity contribution in [3.8, 4) is 0 Å². The summed E-state index contributed by atoms with van der Waals surface area (Å²) in [5, 5.41) is 7.71. The van der Waals surface area contributed by atoms with E-state index in [0.29, 0.717) is 29.5 Å². The highest BCUT2D eigenvalue weighted by molar-refractivity contribution is 5.81. The van der Waals surface area contributed by atoms with Gasteiger partial charge in [-0.25, -0.2) is 9.97 Å². The normalized spacial score (nSPS) is 14.2. The summed E-state index contributed by atoms with van der Waals surface area (Å²) in [6.07, 6.45) is 4.69. The quantitative estimate of drug-likeness (QED) is 0.800. The van der Waals surface area contributed by atoms with E-state index in [1.807, 2.05) is 20.9 Å². The number of H-pyrrole nitrogens is 1. The second-order valence-electron chi connectivity index (χ2n) is 6.17.